The van der Waals surface area contributed by atoms with Crippen molar-refractivity contribution in [2.24, 2.45) is 0 Å². The monoisotopic (exact) mass is 459 g/mol. The Morgan fingerprint density at radius 3 is 2.06 bits per heavy atom. The van der Waals surface area contributed by atoms with E-state index in [1.54, 1.807) is 36.4 Å². The van der Waals surface area contributed by atoms with Gasteiger partial charge >= 0.3 is 0 Å². The lowest BCUT2D eigenvalue weighted by molar-refractivity contribution is -0.120. The fourth-order valence-electron chi connectivity index (χ4n) is 3.41. The maximum atomic E-state index is 12.9. The maximum Gasteiger partial charge on any atom is 0.283 e. The molecule has 0 bridgehead atoms. The average Bonchev–Trinajstić information content (AvgIpc) is 3.00. The summed E-state index contributed by atoms with van der Waals surface area (Å²) in [5.41, 5.74) is 5.39. The highest BCUT2D eigenvalue weighted by molar-refractivity contribution is 6.53. The number of hydrogen-bond acceptors (Lipinski definition) is 4. The molecule has 166 valence electrons. The molecule has 0 aromatic heterocycles. The molecule has 3 amide bonds. The van der Waals surface area contributed by atoms with Crippen molar-refractivity contribution in [3.8, 4) is 0 Å². The lowest BCUT2D eigenvalue weighted by Crippen LogP contribution is -2.32. The summed E-state index contributed by atoms with van der Waals surface area (Å²) in [6.07, 6.45) is 0. The first kappa shape index (κ1) is 22.3. The number of amides is 3. The zero-order chi connectivity index (χ0) is 23.7. The largest absolute Gasteiger partial charge is 0.350 e. The summed E-state index contributed by atoms with van der Waals surface area (Å²) in [7, 11) is 0. The summed E-state index contributed by atoms with van der Waals surface area (Å²) < 4.78 is 0. The van der Waals surface area contributed by atoms with E-state index in [4.69, 9.17) is 11.6 Å². The number of hydrogen-bond donors (Lipinski definition) is 2. The van der Waals surface area contributed by atoms with Crippen molar-refractivity contribution in [2.75, 3.05) is 15.5 Å². The standard InChI is InChI=1S/C26H22ClN3O3/c1-15-4-12-21(13-5-15)30-25(32)22(27)23(26(30)33)28-19-10-7-18(8-11-19)24(31)29-20-9-6-16(2)17(3)14-20/h4-14,28H,1-3H3,(H,29,31). The zero-order valence-electron chi connectivity index (χ0n) is 18.4. The summed E-state index contributed by atoms with van der Waals surface area (Å²) in [6.45, 7) is 5.92. The minimum Gasteiger partial charge on any atom is -0.350 e. The molecule has 1 heterocycles. The predicted octanol–water partition coefficient (Wildman–Crippen LogP) is 5.30. The minimum absolute atomic E-state index is 0.00502. The minimum atomic E-state index is -0.586. The number of carbonyl (C=O) groups is 3. The van der Waals surface area contributed by atoms with Gasteiger partial charge in [-0.1, -0.05) is 35.4 Å². The Hall–Kier alpha value is -3.90. The molecule has 0 fully saturated rings. The van der Waals surface area contributed by atoms with Crippen molar-refractivity contribution < 1.29 is 14.4 Å². The van der Waals surface area contributed by atoms with Gasteiger partial charge in [0.15, 0.2) is 0 Å². The van der Waals surface area contributed by atoms with Gasteiger partial charge in [0.25, 0.3) is 17.7 Å². The third-order valence-corrected chi connectivity index (χ3v) is 5.85. The van der Waals surface area contributed by atoms with Gasteiger partial charge in [0.05, 0.1) is 5.69 Å². The molecule has 3 aromatic rings. The lowest BCUT2D eigenvalue weighted by atomic mass is 10.1. The van der Waals surface area contributed by atoms with Crippen LogP contribution in [0.2, 0.25) is 0 Å². The number of nitrogens with zero attached hydrogens (tertiary/aromatic N) is 1. The van der Waals surface area contributed by atoms with E-state index in [1.165, 1.54) is 0 Å². The molecule has 1 aliphatic rings. The number of benzene rings is 3. The number of rotatable bonds is 5. The van der Waals surface area contributed by atoms with Gasteiger partial charge in [-0.25, -0.2) is 4.90 Å². The van der Waals surface area contributed by atoms with Gasteiger partial charge in [-0.15, -0.1) is 0 Å². The zero-order valence-corrected chi connectivity index (χ0v) is 19.2. The molecule has 33 heavy (non-hydrogen) atoms. The Balaban J connectivity index is 1.47. The Morgan fingerprint density at radius 2 is 1.42 bits per heavy atom. The van der Waals surface area contributed by atoms with E-state index >= 15 is 0 Å². The quantitative estimate of drug-likeness (QED) is 0.507. The van der Waals surface area contributed by atoms with Crippen LogP contribution in [0.25, 0.3) is 0 Å². The molecule has 2 N–H and O–H groups in total. The van der Waals surface area contributed by atoms with Gasteiger partial charge in [0.1, 0.15) is 10.7 Å². The third kappa shape index (κ3) is 4.52. The molecular formula is C26H22ClN3O3. The van der Waals surface area contributed by atoms with Gasteiger partial charge in [-0.3, -0.25) is 14.4 Å². The van der Waals surface area contributed by atoms with Gasteiger partial charge < -0.3 is 10.6 Å². The number of anilines is 3. The first-order chi connectivity index (χ1) is 15.7. The molecule has 0 saturated heterocycles. The second kappa shape index (κ2) is 8.92. The average molecular weight is 460 g/mol. The van der Waals surface area contributed by atoms with Crippen LogP contribution < -0.4 is 15.5 Å². The smallest absolute Gasteiger partial charge is 0.283 e. The Labute approximate surface area is 196 Å². The number of halogens is 1. The van der Waals surface area contributed by atoms with E-state index in [0.717, 1.165) is 21.6 Å². The van der Waals surface area contributed by atoms with Crippen molar-refractivity contribution in [1.82, 2.24) is 0 Å². The summed E-state index contributed by atoms with van der Waals surface area (Å²) in [5, 5.41) is 5.60. The molecule has 0 atom stereocenters. The highest BCUT2D eigenvalue weighted by Gasteiger charge is 2.38. The van der Waals surface area contributed by atoms with E-state index in [2.05, 4.69) is 10.6 Å². The van der Waals surface area contributed by atoms with Gasteiger partial charge in [0, 0.05) is 16.9 Å². The molecule has 4 rings (SSSR count). The molecular weight excluding hydrogens is 438 g/mol. The molecule has 0 aliphatic carbocycles. The Bertz CT molecular complexity index is 1300. The second-order valence-corrected chi connectivity index (χ2v) is 8.30. The SMILES string of the molecule is Cc1ccc(N2C(=O)C(Cl)=C(Nc3ccc(C(=O)Nc4ccc(C)c(C)c4)cc3)C2=O)cc1. The van der Waals surface area contributed by atoms with Crippen LogP contribution in [0.1, 0.15) is 27.0 Å². The first-order valence-corrected chi connectivity index (χ1v) is 10.7. The molecule has 0 unspecified atom stereocenters. The lowest BCUT2D eigenvalue weighted by Gasteiger charge is -2.15. The highest BCUT2D eigenvalue weighted by Crippen LogP contribution is 2.30. The van der Waals surface area contributed by atoms with Crippen molar-refractivity contribution in [3.05, 3.63) is 99.7 Å². The van der Waals surface area contributed by atoms with Crippen LogP contribution in [-0.2, 0) is 9.59 Å². The van der Waals surface area contributed by atoms with Crippen LogP contribution in [-0.4, -0.2) is 17.7 Å². The molecule has 0 radical (unpaired) electrons. The summed E-state index contributed by atoms with van der Waals surface area (Å²) >= 11 is 6.19. The predicted molar refractivity (Wildman–Crippen MR) is 130 cm³/mol. The summed E-state index contributed by atoms with van der Waals surface area (Å²) in [5.74, 6) is -1.37. The van der Waals surface area contributed by atoms with E-state index in [0.29, 0.717) is 22.6 Å². The Kier molecular flexibility index (Phi) is 6.03. The third-order valence-electron chi connectivity index (χ3n) is 5.50. The fourth-order valence-corrected chi connectivity index (χ4v) is 3.62. The van der Waals surface area contributed by atoms with Crippen LogP contribution in [0, 0.1) is 20.8 Å². The molecule has 7 heteroatoms. The Morgan fingerprint density at radius 1 is 0.788 bits per heavy atom. The van der Waals surface area contributed by atoms with E-state index in [-0.39, 0.29) is 16.6 Å². The van der Waals surface area contributed by atoms with E-state index in [1.807, 2.05) is 51.1 Å². The van der Waals surface area contributed by atoms with Crippen molar-refractivity contribution in [1.29, 1.82) is 0 Å². The van der Waals surface area contributed by atoms with E-state index in [9.17, 15) is 14.4 Å². The number of imide groups is 1. The second-order valence-electron chi connectivity index (χ2n) is 7.93. The fraction of sp³-hybridized carbons (Fsp3) is 0.115. The van der Waals surface area contributed by atoms with Crippen LogP contribution >= 0.6 is 11.6 Å². The molecule has 6 nitrogen and oxygen atoms in total. The van der Waals surface area contributed by atoms with Crippen LogP contribution in [0.4, 0.5) is 17.1 Å². The first-order valence-electron chi connectivity index (χ1n) is 10.4. The summed E-state index contributed by atoms with van der Waals surface area (Å²) in [4.78, 5) is 39.1. The van der Waals surface area contributed by atoms with Gasteiger partial charge in [-0.2, -0.15) is 0 Å². The molecule has 0 saturated carbocycles. The number of aryl methyl sites for hydroxylation is 3. The normalized spacial score (nSPS) is 13.5. The van der Waals surface area contributed by atoms with Gasteiger partial charge in [0.2, 0.25) is 0 Å². The molecule has 0 spiro atoms. The molecule has 3 aromatic carbocycles. The van der Waals surface area contributed by atoms with Crippen molar-refractivity contribution in [3.63, 3.8) is 0 Å². The maximum absolute atomic E-state index is 12.9. The number of nitrogens with one attached hydrogen (secondary N) is 2. The van der Waals surface area contributed by atoms with E-state index < -0.39 is 11.8 Å². The number of carbonyl (C=O) groups excluding carboxylic acids is 3. The van der Waals surface area contributed by atoms with Crippen molar-refractivity contribution >= 4 is 46.4 Å². The van der Waals surface area contributed by atoms with Crippen LogP contribution in [0.3, 0.4) is 0 Å². The molecule has 1 aliphatic heterocycles. The van der Waals surface area contributed by atoms with Crippen LogP contribution in [0.5, 0.6) is 0 Å². The van der Waals surface area contributed by atoms with Crippen LogP contribution in [0.15, 0.2) is 77.5 Å². The summed E-state index contributed by atoms with van der Waals surface area (Å²) in [6, 6.07) is 19.3. The highest BCUT2D eigenvalue weighted by atomic mass is 35.5. The van der Waals surface area contributed by atoms with Crippen molar-refractivity contribution in [2.45, 2.75) is 20.8 Å². The topological polar surface area (TPSA) is 78.5 Å². The van der Waals surface area contributed by atoms with Gasteiger partial charge in [-0.05, 0) is 80.4 Å².